The maximum absolute atomic E-state index is 11.7. The molecule has 104 valence electrons. The van der Waals surface area contributed by atoms with Crippen molar-refractivity contribution in [1.29, 1.82) is 0 Å². The summed E-state index contributed by atoms with van der Waals surface area (Å²) in [5.74, 6) is 0.0861. The zero-order valence-corrected chi connectivity index (χ0v) is 11.2. The lowest BCUT2D eigenvalue weighted by Crippen LogP contribution is -2.21. The molecule has 1 saturated heterocycles. The van der Waals surface area contributed by atoms with Crippen LogP contribution in [0, 0.1) is 5.92 Å². The van der Waals surface area contributed by atoms with Crippen LogP contribution in [0.5, 0.6) is 0 Å². The number of benzene rings is 1. The first-order valence-corrected chi connectivity index (χ1v) is 6.82. The zero-order chi connectivity index (χ0) is 13.8. The minimum absolute atomic E-state index is 0.308. The maximum Gasteiger partial charge on any atom is 0.341 e. The van der Waals surface area contributed by atoms with Crippen molar-refractivity contribution in [2.24, 2.45) is 5.92 Å². The van der Waals surface area contributed by atoms with Crippen LogP contribution in [-0.4, -0.2) is 25.7 Å². The van der Waals surface area contributed by atoms with Gasteiger partial charge in [0.25, 0.3) is 0 Å². The molecule has 4 nitrogen and oxygen atoms in total. The highest BCUT2D eigenvalue weighted by Gasteiger charge is 2.24. The standard InChI is InChI=1S/C16H17NO3/c18-16(14-7-9-19-12-14)20-11-13-6-8-17(10-13)15-4-2-1-3-5-15/h1-5,7,9,12-13H,6,8,10-11H2. The Kier molecular flexibility index (Phi) is 3.72. The van der Waals surface area contributed by atoms with E-state index in [1.807, 2.05) is 18.2 Å². The minimum Gasteiger partial charge on any atom is -0.472 e. The fraction of sp³-hybridized carbons (Fsp3) is 0.312. The van der Waals surface area contributed by atoms with Gasteiger partial charge in [-0.2, -0.15) is 0 Å². The molecule has 1 unspecified atom stereocenters. The molecule has 0 bridgehead atoms. The second kappa shape index (κ2) is 5.82. The number of carbonyl (C=O) groups excluding carboxylic acids is 1. The van der Waals surface area contributed by atoms with E-state index in [-0.39, 0.29) is 5.97 Å². The summed E-state index contributed by atoms with van der Waals surface area (Å²) < 4.78 is 10.2. The van der Waals surface area contributed by atoms with E-state index in [2.05, 4.69) is 17.0 Å². The van der Waals surface area contributed by atoms with Crippen molar-refractivity contribution in [3.05, 3.63) is 54.5 Å². The van der Waals surface area contributed by atoms with Gasteiger partial charge in [0.2, 0.25) is 0 Å². The Balaban J connectivity index is 1.50. The molecule has 0 N–H and O–H groups in total. The Bertz CT molecular complexity index is 550. The predicted molar refractivity (Wildman–Crippen MR) is 75.8 cm³/mol. The van der Waals surface area contributed by atoms with E-state index in [0.717, 1.165) is 19.5 Å². The first kappa shape index (κ1) is 12.8. The number of carbonyl (C=O) groups is 1. The van der Waals surface area contributed by atoms with E-state index < -0.39 is 0 Å². The summed E-state index contributed by atoms with van der Waals surface area (Å²) in [4.78, 5) is 14.0. The van der Waals surface area contributed by atoms with Gasteiger partial charge in [0.1, 0.15) is 6.26 Å². The number of esters is 1. The average molecular weight is 271 g/mol. The summed E-state index contributed by atoms with van der Waals surface area (Å²) in [7, 11) is 0. The van der Waals surface area contributed by atoms with Crippen LogP contribution in [0.1, 0.15) is 16.8 Å². The number of rotatable bonds is 4. The second-order valence-electron chi connectivity index (χ2n) is 5.05. The van der Waals surface area contributed by atoms with Crippen molar-refractivity contribution in [3.8, 4) is 0 Å². The van der Waals surface area contributed by atoms with Crippen LogP contribution < -0.4 is 4.90 Å². The minimum atomic E-state index is -0.308. The smallest absolute Gasteiger partial charge is 0.341 e. The SMILES string of the molecule is O=C(OCC1CCN(c2ccccc2)C1)c1ccoc1. The van der Waals surface area contributed by atoms with Gasteiger partial charge in [0.05, 0.1) is 18.4 Å². The molecule has 0 aliphatic carbocycles. The highest BCUT2D eigenvalue weighted by molar-refractivity contribution is 5.88. The quantitative estimate of drug-likeness (QED) is 0.802. The molecule has 1 aromatic heterocycles. The maximum atomic E-state index is 11.7. The molecule has 0 amide bonds. The van der Waals surface area contributed by atoms with Gasteiger partial charge in [-0.15, -0.1) is 0 Å². The van der Waals surface area contributed by atoms with E-state index in [1.165, 1.54) is 18.2 Å². The van der Waals surface area contributed by atoms with E-state index in [9.17, 15) is 4.79 Å². The molecule has 3 rings (SSSR count). The molecule has 1 atom stereocenters. The van der Waals surface area contributed by atoms with Crippen LogP contribution in [-0.2, 0) is 4.74 Å². The largest absolute Gasteiger partial charge is 0.472 e. The average Bonchev–Trinajstić information content (AvgIpc) is 3.17. The summed E-state index contributed by atoms with van der Waals surface area (Å²) in [5.41, 5.74) is 1.71. The van der Waals surface area contributed by atoms with E-state index in [4.69, 9.17) is 9.15 Å². The summed E-state index contributed by atoms with van der Waals surface area (Å²) in [6.45, 7) is 2.41. The molecule has 2 heterocycles. The number of hydrogen-bond donors (Lipinski definition) is 0. The molecule has 0 saturated carbocycles. The molecule has 1 aliphatic rings. The Morgan fingerprint density at radius 2 is 2.15 bits per heavy atom. The number of nitrogens with zero attached hydrogens (tertiary/aromatic N) is 1. The molecule has 4 heteroatoms. The highest BCUT2D eigenvalue weighted by Crippen LogP contribution is 2.23. The van der Waals surface area contributed by atoms with Crippen LogP contribution >= 0.6 is 0 Å². The van der Waals surface area contributed by atoms with Gasteiger partial charge in [-0.25, -0.2) is 4.79 Å². The molecular formula is C16H17NO3. The Labute approximate surface area is 118 Å². The van der Waals surface area contributed by atoms with E-state index in [0.29, 0.717) is 18.1 Å². The molecule has 0 spiro atoms. The molecule has 1 fully saturated rings. The monoisotopic (exact) mass is 271 g/mol. The van der Waals surface area contributed by atoms with Crippen LogP contribution in [0.2, 0.25) is 0 Å². The summed E-state index contributed by atoms with van der Waals surface area (Å²) in [5, 5.41) is 0. The fourth-order valence-corrected chi connectivity index (χ4v) is 2.50. The zero-order valence-electron chi connectivity index (χ0n) is 11.2. The number of hydrogen-bond acceptors (Lipinski definition) is 4. The normalized spacial score (nSPS) is 18.2. The van der Waals surface area contributed by atoms with Gasteiger partial charge >= 0.3 is 5.97 Å². The van der Waals surface area contributed by atoms with E-state index >= 15 is 0 Å². The van der Waals surface area contributed by atoms with Crippen LogP contribution in [0.4, 0.5) is 5.69 Å². The van der Waals surface area contributed by atoms with E-state index in [1.54, 1.807) is 6.07 Å². The molecule has 0 radical (unpaired) electrons. The van der Waals surface area contributed by atoms with Gasteiger partial charge in [-0.1, -0.05) is 18.2 Å². The number of furan rings is 1. The Morgan fingerprint density at radius 1 is 1.30 bits per heavy atom. The first-order valence-electron chi connectivity index (χ1n) is 6.82. The van der Waals surface area contributed by atoms with Crippen molar-refractivity contribution in [3.63, 3.8) is 0 Å². The van der Waals surface area contributed by atoms with Crippen molar-refractivity contribution in [2.45, 2.75) is 6.42 Å². The topological polar surface area (TPSA) is 42.7 Å². The third kappa shape index (κ3) is 2.85. The van der Waals surface area contributed by atoms with Crippen LogP contribution in [0.15, 0.2) is 53.3 Å². The number of anilines is 1. The summed E-state index contributed by atoms with van der Waals surface area (Å²) in [6.07, 6.45) is 3.93. The van der Waals surface area contributed by atoms with Crippen molar-refractivity contribution in [1.82, 2.24) is 0 Å². The van der Waals surface area contributed by atoms with Gasteiger partial charge in [0, 0.05) is 24.7 Å². The van der Waals surface area contributed by atoms with Gasteiger partial charge in [-0.05, 0) is 24.6 Å². The lowest BCUT2D eigenvalue weighted by molar-refractivity contribution is 0.0450. The lowest BCUT2D eigenvalue weighted by atomic mass is 10.1. The van der Waals surface area contributed by atoms with Gasteiger partial charge in [-0.3, -0.25) is 0 Å². The third-order valence-corrected chi connectivity index (χ3v) is 3.61. The lowest BCUT2D eigenvalue weighted by Gasteiger charge is -2.18. The number of ether oxygens (including phenoxy) is 1. The predicted octanol–water partition coefficient (Wildman–Crippen LogP) is 2.96. The molecule has 1 aliphatic heterocycles. The third-order valence-electron chi connectivity index (χ3n) is 3.61. The molecule has 20 heavy (non-hydrogen) atoms. The van der Waals surface area contributed by atoms with Crippen LogP contribution in [0.3, 0.4) is 0 Å². The number of para-hydroxylation sites is 1. The summed E-state index contributed by atoms with van der Waals surface area (Å²) >= 11 is 0. The fourth-order valence-electron chi connectivity index (χ4n) is 2.50. The molecular weight excluding hydrogens is 254 g/mol. The van der Waals surface area contributed by atoms with Gasteiger partial charge < -0.3 is 14.1 Å². The van der Waals surface area contributed by atoms with Crippen molar-refractivity contribution >= 4 is 11.7 Å². The molecule has 1 aromatic carbocycles. The Morgan fingerprint density at radius 3 is 2.90 bits per heavy atom. The van der Waals surface area contributed by atoms with Crippen molar-refractivity contribution < 1.29 is 13.9 Å². The van der Waals surface area contributed by atoms with Crippen molar-refractivity contribution in [2.75, 3.05) is 24.6 Å². The Hall–Kier alpha value is -2.23. The second-order valence-corrected chi connectivity index (χ2v) is 5.05. The van der Waals surface area contributed by atoms with Gasteiger partial charge in [0.15, 0.2) is 0 Å². The first-order chi connectivity index (χ1) is 9.83. The highest BCUT2D eigenvalue weighted by atomic mass is 16.5. The molecule has 2 aromatic rings. The van der Waals surface area contributed by atoms with Crippen LogP contribution in [0.25, 0.3) is 0 Å². The summed E-state index contributed by atoms with van der Waals surface area (Å²) in [6, 6.07) is 11.9.